The summed E-state index contributed by atoms with van der Waals surface area (Å²) in [6.45, 7) is 4.71. The van der Waals surface area contributed by atoms with Crippen molar-refractivity contribution in [3.8, 4) is 0 Å². The average molecular weight is 200 g/mol. The molecule has 3 heteroatoms. The number of thioether (sulfide) groups is 1. The minimum atomic E-state index is 0.783. The van der Waals surface area contributed by atoms with Crippen LogP contribution in [0, 0.1) is 5.92 Å². The van der Waals surface area contributed by atoms with E-state index in [4.69, 9.17) is 5.73 Å². The largest absolute Gasteiger partial charge is 0.330 e. The Kier molecular flexibility index (Phi) is 3.52. The molecular weight excluding hydrogens is 180 g/mol. The van der Waals surface area contributed by atoms with Crippen LogP contribution in [0.4, 0.5) is 0 Å². The Morgan fingerprint density at radius 2 is 2.15 bits per heavy atom. The Hall–Kier alpha value is 0.270. The third kappa shape index (κ3) is 3.15. The van der Waals surface area contributed by atoms with E-state index in [0.717, 1.165) is 17.7 Å². The lowest BCUT2D eigenvalue weighted by molar-refractivity contribution is 0.346. The maximum absolute atomic E-state index is 5.65. The van der Waals surface area contributed by atoms with Crippen molar-refractivity contribution in [3.05, 3.63) is 0 Å². The van der Waals surface area contributed by atoms with Crippen LogP contribution in [0.25, 0.3) is 0 Å². The molecule has 0 amide bonds. The molecular formula is C10H20N2S. The van der Waals surface area contributed by atoms with E-state index in [1.165, 1.54) is 44.6 Å². The van der Waals surface area contributed by atoms with E-state index in [9.17, 15) is 0 Å². The summed E-state index contributed by atoms with van der Waals surface area (Å²) < 4.78 is 0. The van der Waals surface area contributed by atoms with E-state index in [0.29, 0.717) is 0 Å². The zero-order valence-corrected chi connectivity index (χ0v) is 9.06. The first kappa shape index (κ1) is 9.81. The van der Waals surface area contributed by atoms with E-state index in [1.54, 1.807) is 0 Å². The highest BCUT2D eigenvalue weighted by atomic mass is 32.2. The summed E-state index contributed by atoms with van der Waals surface area (Å²) in [4.78, 5) is 2.58. The molecule has 2 nitrogen and oxygen atoms in total. The van der Waals surface area contributed by atoms with E-state index in [1.807, 2.05) is 0 Å². The zero-order chi connectivity index (χ0) is 9.10. The molecule has 0 aromatic rings. The minimum absolute atomic E-state index is 0.783. The number of nitrogens with zero attached hydrogens (tertiary/aromatic N) is 1. The molecule has 1 unspecified atom stereocenters. The van der Waals surface area contributed by atoms with Crippen LogP contribution in [0.15, 0.2) is 0 Å². The average Bonchev–Trinajstić information content (AvgIpc) is 2.84. The third-order valence-electron chi connectivity index (χ3n) is 2.99. The van der Waals surface area contributed by atoms with Crippen molar-refractivity contribution in [1.29, 1.82) is 0 Å². The number of nitrogens with two attached hydrogens (primary N) is 1. The molecule has 1 saturated heterocycles. The normalized spacial score (nSPS) is 29.8. The summed E-state index contributed by atoms with van der Waals surface area (Å²) in [6, 6.07) is 0. The number of hydrogen-bond acceptors (Lipinski definition) is 3. The number of rotatable bonds is 5. The van der Waals surface area contributed by atoms with Crippen molar-refractivity contribution in [1.82, 2.24) is 4.90 Å². The molecule has 13 heavy (non-hydrogen) atoms. The second-order valence-electron chi connectivity index (χ2n) is 4.26. The molecule has 1 saturated carbocycles. The van der Waals surface area contributed by atoms with Gasteiger partial charge in [-0.3, -0.25) is 0 Å². The van der Waals surface area contributed by atoms with Crippen LogP contribution in [0.1, 0.15) is 19.3 Å². The van der Waals surface area contributed by atoms with Crippen molar-refractivity contribution in [2.45, 2.75) is 24.5 Å². The van der Waals surface area contributed by atoms with Gasteiger partial charge in [-0.1, -0.05) is 0 Å². The van der Waals surface area contributed by atoms with Crippen LogP contribution in [-0.2, 0) is 0 Å². The van der Waals surface area contributed by atoms with Crippen LogP contribution in [-0.4, -0.2) is 42.1 Å². The Labute approximate surface area is 85.2 Å². The van der Waals surface area contributed by atoms with Gasteiger partial charge in [0.25, 0.3) is 0 Å². The van der Waals surface area contributed by atoms with Crippen molar-refractivity contribution in [3.63, 3.8) is 0 Å². The molecule has 0 aromatic carbocycles. The van der Waals surface area contributed by atoms with Crippen molar-refractivity contribution >= 4 is 11.8 Å². The van der Waals surface area contributed by atoms with Gasteiger partial charge in [0.15, 0.2) is 0 Å². The van der Waals surface area contributed by atoms with Crippen molar-refractivity contribution in [2.75, 3.05) is 31.9 Å². The van der Waals surface area contributed by atoms with E-state index in [2.05, 4.69) is 16.7 Å². The van der Waals surface area contributed by atoms with E-state index >= 15 is 0 Å². The van der Waals surface area contributed by atoms with Gasteiger partial charge in [-0.05, 0) is 38.3 Å². The Morgan fingerprint density at radius 3 is 2.77 bits per heavy atom. The SMILES string of the molecule is NCC1CCN(CCSC2CC2)C1. The van der Waals surface area contributed by atoms with Gasteiger partial charge in [0.05, 0.1) is 0 Å². The smallest absolute Gasteiger partial charge is 0.00726 e. The fourth-order valence-corrected chi connectivity index (χ4v) is 3.06. The maximum Gasteiger partial charge on any atom is 0.00726 e. The van der Waals surface area contributed by atoms with Crippen LogP contribution in [0.5, 0.6) is 0 Å². The minimum Gasteiger partial charge on any atom is -0.330 e. The topological polar surface area (TPSA) is 29.3 Å². The zero-order valence-electron chi connectivity index (χ0n) is 8.24. The summed E-state index contributed by atoms with van der Waals surface area (Å²) >= 11 is 2.17. The van der Waals surface area contributed by atoms with Gasteiger partial charge in [0.1, 0.15) is 0 Å². The second-order valence-corrected chi connectivity index (χ2v) is 5.67. The van der Waals surface area contributed by atoms with Crippen LogP contribution in [0.3, 0.4) is 0 Å². The highest BCUT2D eigenvalue weighted by Gasteiger charge is 2.23. The van der Waals surface area contributed by atoms with Crippen LogP contribution >= 0.6 is 11.8 Å². The molecule has 2 aliphatic rings. The maximum atomic E-state index is 5.65. The number of hydrogen-bond donors (Lipinski definition) is 1. The quantitative estimate of drug-likeness (QED) is 0.722. The summed E-state index contributed by atoms with van der Waals surface area (Å²) in [7, 11) is 0. The first-order valence-corrected chi connectivity index (χ1v) is 6.47. The fourth-order valence-electron chi connectivity index (χ4n) is 1.89. The van der Waals surface area contributed by atoms with Gasteiger partial charge in [-0.15, -0.1) is 0 Å². The molecule has 1 atom stereocenters. The molecule has 1 heterocycles. The molecule has 2 rings (SSSR count). The summed E-state index contributed by atoms with van der Waals surface area (Å²) in [6.07, 6.45) is 4.26. The Morgan fingerprint density at radius 1 is 1.31 bits per heavy atom. The summed E-state index contributed by atoms with van der Waals surface area (Å²) in [5, 5.41) is 1.02. The lowest BCUT2D eigenvalue weighted by Crippen LogP contribution is -2.25. The first-order chi connectivity index (χ1) is 6.38. The van der Waals surface area contributed by atoms with Gasteiger partial charge in [0, 0.05) is 24.1 Å². The van der Waals surface area contributed by atoms with Gasteiger partial charge in [0.2, 0.25) is 0 Å². The molecule has 1 aliphatic carbocycles. The predicted molar refractivity (Wildman–Crippen MR) is 59.1 cm³/mol. The van der Waals surface area contributed by atoms with Gasteiger partial charge in [-0.2, -0.15) is 11.8 Å². The lowest BCUT2D eigenvalue weighted by atomic mass is 10.1. The van der Waals surface area contributed by atoms with Gasteiger partial charge in [-0.25, -0.2) is 0 Å². The third-order valence-corrected chi connectivity index (χ3v) is 4.35. The highest BCUT2D eigenvalue weighted by Crippen LogP contribution is 2.33. The van der Waals surface area contributed by atoms with E-state index in [-0.39, 0.29) is 0 Å². The number of likely N-dealkylation sites (tertiary alicyclic amines) is 1. The second kappa shape index (κ2) is 4.67. The van der Waals surface area contributed by atoms with E-state index < -0.39 is 0 Å². The van der Waals surface area contributed by atoms with Gasteiger partial charge < -0.3 is 10.6 Å². The molecule has 76 valence electrons. The molecule has 0 bridgehead atoms. The van der Waals surface area contributed by atoms with Gasteiger partial charge >= 0.3 is 0 Å². The van der Waals surface area contributed by atoms with Crippen molar-refractivity contribution in [2.24, 2.45) is 11.7 Å². The highest BCUT2D eigenvalue weighted by molar-refractivity contribution is 8.00. The lowest BCUT2D eigenvalue weighted by Gasteiger charge is -2.14. The summed E-state index contributed by atoms with van der Waals surface area (Å²) in [5.74, 6) is 2.12. The molecule has 2 N–H and O–H groups in total. The first-order valence-electron chi connectivity index (χ1n) is 5.42. The monoisotopic (exact) mass is 200 g/mol. The summed E-state index contributed by atoms with van der Waals surface area (Å²) in [5.41, 5.74) is 5.65. The molecule has 1 aliphatic heterocycles. The molecule has 2 fully saturated rings. The van der Waals surface area contributed by atoms with Crippen molar-refractivity contribution < 1.29 is 0 Å². The van der Waals surface area contributed by atoms with Crippen LogP contribution < -0.4 is 5.73 Å². The molecule has 0 spiro atoms. The predicted octanol–water partition coefficient (Wildman–Crippen LogP) is 1.16. The Bertz CT molecular complexity index is 159. The standard InChI is InChI=1S/C10H20N2S/c11-7-9-3-4-12(8-9)5-6-13-10-1-2-10/h9-10H,1-8,11H2. The molecule has 0 radical (unpaired) electrons. The fraction of sp³-hybridized carbons (Fsp3) is 1.00. The molecule has 0 aromatic heterocycles. The van der Waals surface area contributed by atoms with Crippen LogP contribution in [0.2, 0.25) is 0 Å². The Balaban J connectivity index is 1.54.